The number of aliphatic hydroxyl groups excluding tert-OH is 2. The molecule has 1 saturated heterocycles. The van der Waals surface area contributed by atoms with E-state index < -0.39 is 18.4 Å². The molecular formula is C10H12ClN5O3. The minimum Gasteiger partial charge on any atom is -0.394 e. The summed E-state index contributed by atoms with van der Waals surface area (Å²) < 4.78 is 7.07. The highest BCUT2D eigenvalue weighted by Crippen LogP contribution is 2.31. The molecule has 4 N–H and O–H groups in total. The summed E-state index contributed by atoms with van der Waals surface area (Å²) in [5.74, 6) is 0.167. The van der Waals surface area contributed by atoms with Gasteiger partial charge in [-0.05, 0) is 11.6 Å². The summed E-state index contributed by atoms with van der Waals surface area (Å²) in [6.45, 7) is -0.155. The Morgan fingerprint density at radius 1 is 1.53 bits per heavy atom. The molecule has 1 fully saturated rings. The van der Waals surface area contributed by atoms with E-state index in [1.807, 2.05) is 0 Å². The molecule has 3 atom stereocenters. The molecule has 0 saturated carbocycles. The second-order valence-electron chi connectivity index (χ2n) is 4.34. The zero-order valence-electron chi connectivity index (χ0n) is 9.77. The van der Waals surface area contributed by atoms with Gasteiger partial charge < -0.3 is 20.7 Å². The molecule has 0 bridgehead atoms. The van der Waals surface area contributed by atoms with Gasteiger partial charge in [0.15, 0.2) is 17.7 Å². The molecule has 1 unspecified atom stereocenters. The molecule has 3 rings (SSSR count). The van der Waals surface area contributed by atoms with Crippen molar-refractivity contribution < 1.29 is 14.9 Å². The minimum absolute atomic E-state index is 0.00190. The van der Waals surface area contributed by atoms with Crippen LogP contribution in [0.5, 0.6) is 0 Å². The van der Waals surface area contributed by atoms with Gasteiger partial charge in [0.05, 0.1) is 19.0 Å². The molecule has 0 spiro atoms. The number of aliphatic hydroxyl groups is 2. The first kappa shape index (κ1) is 12.5. The smallest absolute Gasteiger partial charge is 0.226 e. The van der Waals surface area contributed by atoms with Crippen LogP contribution in [0.3, 0.4) is 0 Å². The van der Waals surface area contributed by atoms with Crippen molar-refractivity contribution in [3.63, 3.8) is 0 Å². The Kier molecular flexibility index (Phi) is 3.02. The lowest BCUT2D eigenvalue weighted by atomic mass is 10.2. The monoisotopic (exact) mass is 285 g/mol. The van der Waals surface area contributed by atoms with Gasteiger partial charge in [-0.15, -0.1) is 0 Å². The Labute approximate surface area is 112 Å². The third kappa shape index (κ3) is 2.02. The van der Waals surface area contributed by atoms with Crippen molar-refractivity contribution >= 4 is 28.6 Å². The normalized spacial score (nSPS) is 27.2. The highest BCUT2D eigenvalue weighted by molar-refractivity contribution is 6.28. The summed E-state index contributed by atoms with van der Waals surface area (Å²) in [4.78, 5) is 11.9. The average molecular weight is 286 g/mol. The molecule has 0 aromatic carbocycles. The molecule has 9 heteroatoms. The van der Waals surface area contributed by atoms with Gasteiger partial charge in [-0.3, -0.25) is 4.57 Å². The third-order valence-electron chi connectivity index (χ3n) is 3.06. The lowest BCUT2D eigenvalue weighted by Gasteiger charge is -2.16. The minimum atomic E-state index is -0.760. The number of hydrogen-bond acceptors (Lipinski definition) is 7. The second-order valence-corrected chi connectivity index (χ2v) is 4.67. The van der Waals surface area contributed by atoms with Crippen LogP contribution in [0.25, 0.3) is 11.2 Å². The number of nitrogens with two attached hydrogens (primary N) is 1. The van der Waals surface area contributed by atoms with Crippen molar-refractivity contribution in [2.75, 3.05) is 12.3 Å². The number of halogens is 1. The maximum atomic E-state index is 9.97. The van der Waals surface area contributed by atoms with E-state index in [4.69, 9.17) is 27.2 Å². The van der Waals surface area contributed by atoms with Gasteiger partial charge in [0, 0.05) is 6.42 Å². The van der Waals surface area contributed by atoms with Crippen LogP contribution in [0.4, 0.5) is 5.82 Å². The number of aromatic nitrogens is 4. The van der Waals surface area contributed by atoms with E-state index in [1.165, 1.54) is 6.33 Å². The molecule has 1 aliphatic rings. The van der Waals surface area contributed by atoms with Crippen LogP contribution >= 0.6 is 11.6 Å². The fourth-order valence-electron chi connectivity index (χ4n) is 2.19. The van der Waals surface area contributed by atoms with Crippen LogP contribution in [-0.2, 0) is 4.74 Å². The van der Waals surface area contributed by atoms with Crippen LogP contribution in [0.2, 0.25) is 5.28 Å². The summed E-state index contributed by atoms with van der Waals surface area (Å²) in [7, 11) is 0. The zero-order valence-corrected chi connectivity index (χ0v) is 10.5. The van der Waals surface area contributed by atoms with Crippen LogP contribution < -0.4 is 5.73 Å². The van der Waals surface area contributed by atoms with Crippen molar-refractivity contribution in [1.29, 1.82) is 0 Å². The molecule has 3 heterocycles. The van der Waals surface area contributed by atoms with E-state index in [2.05, 4.69) is 15.0 Å². The van der Waals surface area contributed by atoms with Crippen LogP contribution in [0, 0.1) is 0 Å². The number of hydrogen-bond donors (Lipinski definition) is 3. The lowest BCUT2D eigenvalue weighted by Crippen LogP contribution is -2.19. The molecule has 19 heavy (non-hydrogen) atoms. The maximum absolute atomic E-state index is 9.97. The molecule has 2 aromatic rings. The molecular weight excluding hydrogens is 274 g/mol. The number of fused-ring (bicyclic) bond motifs is 1. The highest BCUT2D eigenvalue weighted by atomic mass is 35.5. The molecule has 0 radical (unpaired) electrons. The van der Waals surface area contributed by atoms with E-state index in [0.717, 1.165) is 0 Å². The van der Waals surface area contributed by atoms with Crippen LogP contribution in [-0.4, -0.2) is 48.5 Å². The van der Waals surface area contributed by atoms with Gasteiger partial charge in [0.2, 0.25) is 5.28 Å². The largest absolute Gasteiger partial charge is 0.394 e. The SMILES string of the molecule is Nc1nc(Cl)nc2c1ncn2[C@@H]1O[C@H](CO)CC1O. The van der Waals surface area contributed by atoms with E-state index in [-0.39, 0.29) is 17.7 Å². The van der Waals surface area contributed by atoms with Crippen LogP contribution in [0.1, 0.15) is 12.6 Å². The molecule has 2 aromatic heterocycles. The van der Waals surface area contributed by atoms with Crippen molar-refractivity contribution in [3.8, 4) is 0 Å². The Morgan fingerprint density at radius 3 is 3.00 bits per heavy atom. The quantitative estimate of drug-likeness (QED) is 0.648. The van der Waals surface area contributed by atoms with E-state index in [0.29, 0.717) is 17.6 Å². The summed E-state index contributed by atoms with van der Waals surface area (Å²) in [6.07, 6.45) is -0.0430. The molecule has 0 amide bonds. The number of ether oxygens (including phenoxy) is 1. The number of nitrogens with zero attached hydrogens (tertiary/aromatic N) is 4. The van der Waals surface area contributed by atoms with Crippen molar-refractivity contribution in [2.24, 2.45) is 0 Å². The Hall–Kier alpha value is -1.48. The van der Waals surface area contributed by atoms with Gasteiger partial charge in [-0.2, -0.15) is 9.97 Å². The fraction of sp³-hybridized carbons (Fsp3) is 0.500. The molecule has 1 aliphatic heterocycles. The van der Waals surface area contributed by atoms with Gasteiger partial charge in [-0.25, -0.2) is 4.98 Å². The lowest BCUT2D eigenvalue weighted by molar-refractivity contribution is -0.0486. The first-order valence-corrected chi connectivity index (χ1v) is 6.08. The van der Waals surface area contributed by atoms with E-state index in [9.17, 15) is 5.11 Å². The molecule has 0 aliphatic carbocycles. The fourth-order valence-corrected chi connectivity index (χ4v) is 2.37. The number of rotatable bonds is 2. The average Bonchev–Trinajstić information content (AvgIpc) is 2.92. The Balaban J connectivity index is 2.06. The Bertz CT molecular complexity index is 618. The predicted octanol–water partition coefficient (Wildman–Crippen LogP) is -0.297. The topological polar surface area (TPSA) is 119 Å². The van der Waals surface area contributed by atoms with Crippen molar-refractivity contribution in [1.82, 2.24) is 19.5 Å². The number of nitrogen functional groups attached to an aromatic ring is 1. The summed E-state index contributed by atoms with van der Waals surface area (Å²) in [5.41, 5.74) is 6.49. The first-order valence-electron chi connectivity index (χ1n) is 5.70. The van der Waals surface area contributed by atoms with E-state index in [1.54, 1.807) is 4.57 Å². The first-order chi connectivity index (χ1) is 9.10. The van der Waals surface area contributed by atoms with Gasteiger partial charge in [0.25, 0.3) is 0 Å². The molecule has 102 valence electrons. The van der Waals surface area contributed by atoms with Crippen molar-refractivity contribution in [2.45, 2.75) is 24.9 Å². The van der Waals surface area contributed by atoms with Gasteiger partial charge in [-0.1, -0.05) is 0 Å². The van der Waals surface area contributed by atoms with E-state index >= 15 is 0 Å². The predicted molar refractivity (Wildman–Crippen MR) is 66.4 cm³/mol. The van der Waals surface area contributed by atoms with Crippen LogP contribution in [0.15, 0.2) is 6.33 Å². The molecule has 8 nitrogen and oxygen atoms in total. The summed E-state index contributed by atoms with van der Waals surface area (Å²) >= 11 is 5.77. The third-order valence-corrected chi connectivity index (χ3v) is 3.23. The maximum Gasteiger partial charge on any atom is 0.226 e. The van der Waals surface area contributed by atoms with Gasteiger partial charge in [0.1, 0.15) is 11.6 Å². The number of imidazole rings is 1. The second kappa shape index (κ2) is 4.57. The summed E-state index contributed by atoms with van der Waals surface area (Å²) in [5, 5.41) is 19.0. The Morgan fingerprint density at radius 2 is 2.32 bits per heavy atom. The van der Waals surface area contributed by atoms with Gasteiger partial charge >= 0.3 is 0 Å². The zero-order chi connectivity index (χ0) is 13.6. The summed E-state index contributed by atoms with van der Waals surface area (Å²) in [6, 6.07) is 0. The highest BCUT2D eigenvalue weighted by Gasteiger charge is 2.36. The standard InChI is InChI=1S/C10H12ClN5O3/c11-10-14-7(12)6-8(15-10)16(3-13-6)9-5(18)1-4(2-17)19-9/h3-5,9,17-18H,1-2H2,(H2,12,14,15)/t4-,5?,9+/m0/s1. The van der Waals surface area contributed by atoms with Crippen molar-refractivity contribution in [3.05, 3.63) is 11.6 Å². The number of anilines is 1.